The van der Waals surface area contributed by atoms with Crippen LogP contribution in [-0.2, 0) is 6.54 Å². The van der Waals surface area contributed by atoms with Crippen LogP contribution in [0.1, 0.15) is 44.5 Å². The Morgan fingerprint density at radius 3 is 2.62 bits per heavy atom. The Kier molecular flexibility index (Phi) is 5.06. The summed E-state index contributed by atoms with van der Waals surface area (Å²) in [6.45, 7) is 4.22. The summed E-state index contributed by atoms with van der Waals surface area (Å²) in [5.41, 5.74) is 5.33. The number of aromatic hydroxyl groups is 1. The lowest BCUT2D eigenvalue weighted by Gasteiger charge is -2.26. The second-order valence-electron chi connectivity index (χ2n) is 8.02. The van der Waals surface area contributed by atoms with Crippen molar-refractivity contribution in [3.8, 4) is 17.0 Å². The van der Waals surface area contributed by atoms with Crippen molar-refractivity contribution in [2.75, 3.05) is 6.26 Å². The molecule has 2 aromatic heterocycles. The molecular formula is C25H23N3O3S. The Hall–Kier alpha value is -3.45. The van der Waals surface area contributed by atoms with Gasteiger partial charge in [0.15, 0.2) is 0 Å². The number of H-pyrrole nitrogens is 1. The van der Waals surface area contributed by atoms with E-state index in [-0.39, 0.29) is 17.7 Å². The SMILES string of the molecule is CSc1ccc([C@@H]2c3c(-c4c(C)cc(C)cc4O)n[nH]c3C(=O)N2Cc2ccco2)cc1. The zero-order valence-corrected chi connectivity index (χ0v) is 18.9. The van der Waals surface area contributed by atoms with Crippen LogP contribution in [0, 0.1) is 13.8 Å². The molecule has 6 nitrogen and oxygen atoms in total. The minimum absolute atomic E-state index is 0.140. The second-order valence-corrected chi connectivity index (χ2v) is 8.90. The van der Waals surface area contributed by atoms with E-state index < -0.39 is 0 Å². The number of furan rings is 1. The molecule has 0 radical (unpaired) electrons. The van der Waals surface area contributed by atoms with E-state index in [0.717, 1.165) is 27.1 Å². The molecule has 7 heteroatoms. The molecule has 1 aliphatic rings. The summed E-state index contributed by atoms with van der Waals surface area (Å²) in [5.74, 6) is 0.724. The lowest BCUT2D eigenvalue weighted by Crippen LogP contribution is -2.29. The van der Waals surface area contributed by atoms with Crippen LogP contribution in [0.3, 0.4) is 0 Å². The van der Waals surface area contributed by atoms with Crippen LogP contribution < -0.4 is 0 Å². The molecule has 0 fully saturated rings. The van der Waals surface area contributed by atoms with Crippen LogP contribution in [0.15, 0.2) is 64.1 Å². The minimum atomic E-state index is -0.354. The van der Waals surface area contributed by atoms with Crippen molar-refractivity contribution in [1.29, 1.82) is 0 Å². The lowest BCUT2D eigenvalue weighted by molar-refractivity contribution is 0.0717. The maximum atomic E-state index is 13.4. The molecule has 0 unspecified atom stereocenters. The Morgan fingerprint density at radius 2 is 1.97 bits per heavy atom. The number of thioether (sulfide) groups is 1. The van der Waals surface area contributed by atoms with Crippen molar-refractivity contribution < 1.29 is 14.3 Å². The van der Waals surface area contributed by atoms with Crippen molar-refractivity contribution in [2.45, 2.75) is 31.3 Å². The summed E-state index contributed by atoms with van der Waals surface area (Å²) in [5, 5.41) is 18.2. The van der Waals surface area contributed by atoms with Crippen LogP contribution in [0.5, 0.6) is 5.75 Å². The van der Waals surface area contributed by atoms with E-state index in [1.54, 1.807) is 29.0 Å². The lowest BCUT2D eigenvalue weighted by atomic mass is 9.93. The number of nitrogens with zero attached hydrogens (tertiary/aromatic N) is 2. The van der Waals surface area contributed by atoms with Gasteiger partial charge in [-0.2, -0.15) is 5.10 Å². The van der Waals surface area contributed by atoms with E-state index in [2.05, 4.69) is 22.3 Å². The first-order chi connectivity index (χ1) is 15.5. The summed E-state index contributed by atoms with van der Waals surface area (Å²) in [7, 11) is 0. The molecule has 0 saturated heterocycles. The van der Waals surface area contributed by atoms with Gasteiger partial charge < -0.3 is 14.4 Å². The highest BCUT2D eigenvalue weighted by Crippen LogP contribution is 2.46. The summed E-state index contributed by atoms with van der Waals surface area (Å²) in [6.07, 6.45) is 3.64. The van der Waals surface area contributed by atoms with E-state index in [1.807, 2.05) is 50.4 Å². The molecule has 5 rings (SSSR count). The molecule has 2 N–H and O–H groups in total. The largest absolute Gasteiger partial charge is 0.507 e. The van der Waals surface area contributed by atoms with Crippen molar-refractivity contribution >= 4 is 17.7 Å². The fraction of sp³-hybridized carbons (Fsp3) is 0.200. The Labute approximate surface area is 190 Å². The summed E-state index contributed by atoms with van der Waals surface area (Å²) < 4.78 is 5.54. The fourth-order valence-corrected chi connectivity index (χ4v) is 4.92. The zero-order chi connectivity index (χ0) is 22.4. The molecule has 1 aliphatic heterocycles. The number of aromatic nitrogens is 2. The molecule has 0 saturated carbocycles. The van der Waals surface area contributed by atoms with Gasteiger partial charge in [-0.25, -0.2) is 0 Å². The molecule has 2 aromatic carbocycles. The van der Waals surface area contributed by atoms with Gasteiger partial charge in [-0.05, 0) is 67.1 Å². The topological polar surface area (TPSA) is 82.4 Å². The van der Waals surface area contributed by atoms with E-state index in [9.17, 15) is 9.90 Å². The smallest absolute Gasteiger partial charge is 0.273 e. The van der Waals surface area contributed by atoms with Gasteiger partial charge in [0.05, 0.1) is 18.8 Å². The maximum absolute atomic E-state index is 13.4. The number of carbonyl (C=O) groups is 1. The maximum Gasteiger partial charge on any atom is 0.273 e. The minimum Gasteiger partial charge on any atom is -0.507 e. The summed E-state index contributed by atoms with van der Waals surface area (Å²) >= 11 is 1.67. The Bertz CT molecular complexity index is 1270. The van der Waals surface area contributed by atoms with Gasteiger partial charge >= 0.3 is 0 Å². The molecular weight excluding hydrogens is 422 g/mol. The number of hydrogen-bond donors (Lipinski definition) is 2. The molecule has 0 spiro atoms. The molecule has 1 atom stereocenters. The van der Waals surface area contributed by atoms with Gasteiger partial charge in [-0.3, -0.25) is 9.89 Å². The number of phenolic OH excluding ortho intramolecular Hbond substituents is 1. The number of benzene rings is 2. The highest BCUT2D eigenvalue weighted by atomic mass is 32.2. The highest BCUT2D eigenvalue weighted by molar-refractivity contribution is 7.98. The number of fused-ring (bicyclic) bond motifs is 1. The van der Waals surface area contributed by atoms with E-state index >= 15 is 0 Å². The number of rotatable bonds is 5. The first-order valence-corrected chi connectivity index (χ1v) is 11.6. The number of phenols is 1. The predicted molar refractivity (Wildman–Crippen MR) is 124 cm³/mol. The third-order valence-electron chi connectivity index (χ3n) is 5.90. The van der Waals surface area contributed by atoms with E-state index in [4.69, 9.17) is 4.42 Å². The monoisotopic (exact) mass is 445 g/mol. The van der Waals surface area contributed by atoms with Gasteiger partial charge in [0.25, 0.3) is 5.91 Å². The Balaban J connectivity index is 1.69. The zero-order valence-electron chi connectivity index (χ0n) is 18.0. The van der Waals surface area contributed by atoms with Gasteiger partial charge in [0, 0.05) is 16.0 Å². The van der Waals surface area contributed by atoms with Gasteiger partial charge in [0.2, 0.25) is 0 Å². The van der Waals surface area contributed by atoms with Crippen LogP contribution in [-0.4, -0.2) is 32.4 Å². The fourth-order valence-electron chi connectivity index (χ4n) is 4.51. The molecule has 4 aromatic rings. The molecule has 1 amide bonds. The van der Waals surface area contributed by atoms with Crippen LogP contribution >= 0.6 is 11.8 Å². The quantitative estimate of drug-likeness (QED) is 0.399. The van der Waals surface area contributed by atoms with Crippen molar-refractivity contribution in [2.24, 2.45) is 0 Å². The number of hydrogen-bond acceptors (Lipinski definition) is 5. The number of nitrogens with one attached hydrogen (secondary N) is 1. The van der Waals surface area contributed by atoms with Gasteiger partial charge in [-0.1, -0.05) is 18.2 Å². The first kappa shape index (κ1) is 20.5. The number of aryl methyl sites for hydroxylation is 2. The summed E-state index contributed by atoms with van der Waals surface area (Å²) in [6, 6.07) is 15.3. The summed E-state index contributed by atoms with van der Waals surface area (Å²) in [4.78, 5) is 16.4. The molecule has 3 heterocycles. The number of aromatic amines is 1. The number of carbonyl (C=O) groups excluding carboxylic acids is 1. The first-order valence-electron chi connectivity index (χ1n) is 10.3. The Morgan fingerprint density at radius 1 is 1.19 bits per heavy atom. The third kappa shape index (κ3) is 3.29. The van der Waals surface area contributed by atoms with Crippen LogP contribution in [0.4, 0.5) is 0 Å². The standard InChI is InChI=1S/C25H23N3O3S/c1-14-11-15(2)20(19(29)12-14)22-21-23(27-26-22)25(30)28(13-17-5-4-10-31-17)24(21)16-6-8-18(32-3)9-7-16/h4-12,24,29H,13H2,1-3H3,(H,26,27)/t24-/m1/s1. The molecule has 0 bridgehead atoms. The predicted octanol–water partition coefficient (Wildman–Crippen LogP) is 5.46. The van der Waals surface area contributed by atoms with E-state index in [1.165, 1.54) is 0 Å². The van der Waals surface area contributed by atoms with E-state index in [0.29, 0.717) is 29.3 Å². The van der Waals surface area contributed by atoms with Crippen molar-refractivity contribution in [3.05, 3.63) is 88.5 Å². The number of amides is 1. The van der Waals surface area contributed by atoms with Crippen molar-refractivity contribution in [1.82, 2.24) is 15.1 Å². The normalized spacial score (nSPS) is 15.4. The van der Waals surface area contributed by atoms with Crippen molar-refractivity contribution in [3.63, 3.8) is 0 Å². The average molecular weight is 446 g/mol. The van der Waals surface area contributed by atoms with Crippen LogP contribution in [0.2, 0.25) is 0 Å². The second kappa shape index (κ2) is 7.91. The van der Waals surface area contributed by atoms with Gasteiger partial charge in [-0.15, -0.1) is 11.8 Å². The molecule has 32 heavy (non-hydrogen) atoms. The molecule has 162 valence electrons. The highest BCUT2D eigenvalue weighted by Gasteiger charge is 2.43. The van der Waals surface area contributed by atoms with Gasteiger partial charge in [0.1, 0.15) is 22.9 Å². The third-order valence-corrected chi connectivity index (χ3v) is 6.64. The van der Waals surface area contributed by atoms with Crippen LogP contribution in [0.25, 0.3) is 11.3 Å². The molecule has 0 aliphatic carbocycles. The average Bonchev–Trinajstić information content (AvgIpc) is 3.48.